The minimum atomic E-state index is -0.563. The van der Waals surface area contributed by atoms with E-state index in [2.05, 4.69) is 4.98 Å². The molecule has 3 heterocycles. The van der Waals surface area contributed by atoms with Crippen LogP contribution in [0.3, 0.4) is 0 Å². The van der Waals surface area contributed by atoms with Crippen molar-refractivity contribution in [2.45, 2.75) is 18.9 Å². The monoisotopic (exact) mass is 491 g/mol. The zero-order chi connectivity index (χ0) is 23.5. The van der Waals surface area contributed by atoms with E-state index in [1.54, 1.807) is 33.4 Å². The molecule has 2 aliphatic rings. The van der Waals surface area contributed by atoms with Crippen molar-refractivity contribution in [1.82, 2.24) is 19.7 Å². The summed E-state index contributed by atoms with van der Waals surface area (Å²) in [5.74, 6) is -0.564. The molecule has 1 unspecified atom stereocenters. The van der Waals surface area contributed by atoms with Gasteiger partial charge in [0.1, 0.15) is 5.01 Å². The van der Waals surface area contributed by atoms with Gasteiger partial charge in [0, 0.05) is 60.8 Å². The van der Waals surface area contributed by atoms with Crippen LogP contribution >= 0.6 is 22.9 Å². The lowest BCUT2D eigenvalue weighted by atomic mass is 10.1. The molecule has 1 aromatic carbocycles. The summed E-state index contributed by atoms with van der Waals surface area (Å²) in [6.07, 6.45) is 0.372. The Morgan fingerprint density at radius 1 is 1.12 bits per heavy atom. The molecule has 2 fully saturated rings. The van der Waals surface area contributed by atoms with E-state index in [4.69, 9.17) is 17.3 Å². The topological polar surface area (TPSA) is 120 Å². The summed E-state index contributed by atoms with van der Waals surface area (Å²) >= 11 is 7.41. The number of nitrogens with zero attached hydrogens (tertiary/aromatic N) is 4. The molecule has 2 aromatic rings. The van der Waals surface area contributed by atoms with Gasteiger partial charge in [0.25, 0.3) is 0 Å². The van der Waals surface area contributed by atoms with E-state index >= 15 is 0 Å². The molecule has 0 radical (unpaired) electrons. The quantitative estimate of drug-likeness (QED) is 0.618. The lowest BCUT2D eigenvalue weighted by Gasteiger charge is -2.35. The van der Waals surface area contributed by atoms with Crippen LogP contribution in [-0.4, -0.2) is 94.4 Å². The first-order valence-electron chi connectivity index (χ1n) is 10.8. The van der Waals surface area contributed by atoms with Gasteiger partial charge >= 0.3 is 0 Å². The molecule has 1 aromatic heterocycles. The summed E-state index contributed by atoms with van der Waals surface area (Å²) in [4.78, 5) is 47.0. The minimum Gasteiger partial charge on any atom is -0.391 e. The number of aliphatic hydroxyl groups is 1. The maximum absolute atomic E-state index is 12.8. The number of piperazine rings is 1. The number of β-amino-alcohol motifs (C(OH)–C–C–N with tert-alkyl or cyclic N) is 1. The molecule has 2 saturated heterocycles. The summed E-state index contributed by atoms with van der Waals surface area (Å²) in [6.45, 7) is 3.66. The first-order valence-corrected chi connectivity index (χ1v) is 12.1. The third kappa shape index (κ3) is 5.70. The highest BCUT2D eigenvalue weighted by molar-refractivity contribution is 7.13. The SMILES string of the molecule is NC(=O)c1ccc(Cl)cc1-c1nc(CC(=O)N2CCN(CC(=O)N3CCC(O)C3)CC2)cs1. The van der Waals surface area contributed by atoms with Crippen molar-refractivity contribution >= 4 is 40.7 Å². The number of likely N-dealkylation sites (tertiary alicyclic amines) is 1. The van der Waals surface area contributed by atoms with Crippen molar-refractivity contribution < 1.29 is 19.5 Å². The average molecular weight is 492 g/mol. The smallest absolute Gasteiger partial charge is 0.249 e. The number of amides is 3. The number of rotatable bonds is 6. The highest BCUT2D eigenvalue weighted by Gasteiger charge is 2.28. The van der Waals surface area contributed by atoms with Gasteiger partial charge in [-0.2, -0.15) is 0 Å². The Labute approximate surface area is 200 Å². The van der Waals surface area contributed by atoms with Crippen LogP contribution in [0.5, 0.6) is 0 Å². The van der Waals surface area contributed by atoms with Crippen molar-refractivity contribution in [3.8, 4) is 10.6 Å². The average Bonchev–Trinajstić information content (AvgIpc) is 3.43. The highest BCUT2D eigenvalue weighted by Crippen LogP contribution is 2.30. The first kappa shape index (κ1) is 23.6. The third-order valence-electron chi connectivity index (χ3n) is 5.96. The molecule has 3 amide bonds. The molecular weight excluding hydrogens is 466 g/mol. The number of aromatic nitrogens is 1. The number of nitrogens with two attached hydrogens (primary N) is 1. The first-order chi connectivity index (χ1) is 15.8. The maximum atomic E-state index is 12.8. The van der Waals surface area contributed by atoms with Crippen LogP contribution in [0.15, 0.2) is 23.6 Å². The number of halogens is 1. The third-order valence-corrected chi connectivity index (χ3v) is 7.12. The molecule has 3 N–H and O–H groups in total. The summed E-state index contributed by atoms with van der Waals surface area (Å²) in [6, 6.07) is 4.82. The molecule has 0 bridgehead atoms. The fourth-order valence-corrected chi connectivity index (χ4v) is 5.12. The van der Waals surface area contributed by atoms with Crippen LogP contribution in [0, 0.1) is 0 Å². The van der Waals surface area contributed by atoms with Crippen molar-refractivity contribution in [2.24, 2.45) is 5.73 Å². The van der Waals surface area contributed by atoms with E-state index in [0.717, 1.165) is 0 Å². The second-order valence-corrected chi connectivity index (χ2v) is 9.61. The molecule has 9 nitrogen and oxygen atoms in total. The molecule has 2 aliphatic heterocycles. The molecule has 4 rings (SSSR count). The Morgan fingerprint density at radius 3 is 2.55 bits per heavy atom. The van der Waals surface area contributed by atoms with Gasteiger partial charge in [0.05, 0.1) is 24.8 Å². The summed E-state index contributed by atoms with van der Waals surface area (Å²) < 4.78 is 0. The fourth-order valence-electron chi connectivity index (χ4n) is 4.10. The Hall–Kier alpha value is -2.53. The number of hydrogen-bond acceptors (Lipinski definition) is 7. The van der Waals surface area contributed by atoms with Gasteiger partial charge in [-0.25, -0.2) is 4.98 Å². The van der Waals surface area contributed by atoms with Crippen LogP contribution in [-0.2, 0) is 16.0 Å². The van der Waals surface area contributed by atoms with Crippen LogP contribution < -0.4 is 5.73 Å². The molecule has 11 heteroatoms. The summed E-state index contributed by atoms with van der Waals surface area (Å²) in [7, 11) is 0. The molecule has 0 aliphatic carbocycles. The van der Waals surface area contributed by atoms with Crippen LogP contribution in [0.1, 0.15) is 22.5 Å². The van der Waals surface area contributed by atoms with Gasteiger partial charge in [-0.15, -0.1) is 11.3 Å². The zero-order valence-corrected chi connectivity index (χ0v) is 19.6. The van der Waals surface area contributed by atoms with Crippen LogP contribution in [0.25, 0.3) is 10.6 Å². The van der Waals surface area contributed by atoms with E-state index in [1.807, 2.05) is 4.90 Å². The van der Waals surface area contributed by atoms with Gasteiger partial charge < -0.3 is 20.6 Å². The Kier molecular flexibility index (Phi) is 7.28. The molecule has 33 heavy (non-hydrogen) atoms. The Balaban J connectivity index is 1.31. The van der Waals surface area contributed by atoms with E-state index < -0.39 is 12.0 Å². The second-order valence-electron chi connectivity index (χ2n) is 8.31. The largest absolute Gasteiger partial charge is 0.391 e. The van der Waals surface area contributed by atoms with Gasteiger partial charge in [-0.05, 0) is 24.6 Å². The predicted octanol–water partition coefficient (Wildman–Crippen LogP) is 0.842. The van der Waals surface area contributed by atoms with E-state index in [9.17, 15) is 19.5 Å². The lowest BCUT2D eigenvalue weighted by Crippen LogP contribution is -2.51. The van der Waals surface area contributed by atoms with E-state index in [1.165, 1.54) is 11.3 Å². The van der Waals surface area contributed by atoms with E-state index in [-0.39, 0.29) is 18.2 Å². The Bertz CT molecular complexity index is 1050. The number of thiazole rings is 1. The van der Waals surface area contributed by atoms with E-state index in [0.29, 0.717) is 79.1 Å². The lowest BCUT2D eigenvalue weighted by molar-refractivity contribution is -0.134. The van der Waals surface area contributed by atoms with Gasteiger partial charge in [0.15, 0.2) is 0 Å². The van der Waals surface area contributed by atoms with Crippen molar-refractivity contribution in [3.05, 3.63) is 39.9 Å². The standard InChI is InChI=1S/C22H26ClN5O4S/c23-14-1-2-17(21(24)32)18(9-14)22-25-15(13-33-22)10-19(30)27-7-5-26(6-8-27)12-20(31)28-4-3-16(29)11-28/h1-2,9,13,16,29H,3-8,10-12H2,(H2,24,32). The molecule has 0 saturated carbocycles. The second kappa shape index (κ2) is 10.2. The number of hydrogen-bond donors (Lipinski definition) is 2. The number of primary amides is 1. The number of aliphatic hydroxyl groups excluding tert-OH is 1. The molecule has 176 valence electrons. The van der Waals surface area contributed by atoms with Crippen molar-refractivity contribution in [3.63, 3.8) is 0 Å². The van der Waals surface area contributed by atoms with Crippen molar-refractivity contribution in [2.75, 3.05) is 45.8 Å². The molecule has 1 atom stereocenters. The van der Waals surface area contributed by atoms with Gasteiger partial charge in [0.2, 0.25) is 17.7 Å². The fraction of sp³-hybridized carbons (Fsp3) is 0.455. The highest BCUT2D eigenvalue weighted by atomic mass is 35.5. The zero-order valence-electron chi connectivity index (χ0n) is 18.1. The molecular formula is C22H26ClN5O4S. The number of benzene rings is 1. The molecule has 0 spiro atoms. The minimum absolute atomic E-state index is 0.0256. The van der Waals surface area contributed by atoms with Crippen LogP contribution in [0.2, 0.25) is 5.02 Å². The van der Waals surface area contributed by atoms with Crippen molar-refractivity contribution in [1.29, 1.82) is 0 Å². The summed E-state index contributed by atoms with van der Waals surface area (Å²) in [5.41, 5.74) is 6.98. The van der Waals surface area contributed by atoms with Gasteiger partial charge in [-0.3, -0.25) is 19.3 Å². The predicted molar refractivity (Wildman–Crippen MR) is 125 cm³/mol. The number of carbonyl (C=O) groups is 3. The summed E-state index contributed by atoms with van der Waals surface area (Å²) in [5, 5.41) is 12.5. The van der Waals surface area contributed by atoms with Crippen LogP contribution in [0.4, 0.5) is 0 Å². The van der Waals surface area contributed by atoms with Gasteiger partial charge in [-0.1, -0.05) is 11.6 Å². The normalized spacial score (nSPS) is 19.2. The maximum Gasteiger partial charge on any atom is 0.249 e. The Morgan fingerprint density at radius 2 is 1.88 bits per heavy atom. The number of carbonyl (C=O) groups excluding carboxylic acids is 3.